The van der Waals surface area contributed by atoms with E-state index in [4.69, 9.17) is 9.57 Å². The van der Waals surface area contributed by atoms with Crippen LogP contribution in [0.15, 0.2) is 41.8 Å². The van der Waals surface area contributed by atoms with E-state index in [1.54, 1.807) is 0 Å². The molecule has 1 aromatic rings. The zero-order valence-electron chi connectivity index (χ0n) is 26.0. The highest BCUT2D eigenvalue weighted by Crippen LogP contribution is 2.65. The van der Waals surface area contributed by atoms with Gasteiger partial charge in [0, 0.05) is 56.1 Å². The van der Waals surface area contributed by atoms with Crippen molar-refractivity contribution < 1.29 is 19.2 Å². The highest BCUT2D eigenvalue weighted by Gasteiger charge is 2.59. The van der Waals surface area contributed by atoms with Crippen molar-refractivity contribution in [3.63, 3.8) is 0 Å². The number of benzene rings is 1. The molecule has 42 heavy (non-hydrogen) atoms. The van der Waals surface area contributed by atoms with Crippen molar-refractivity contribution in [3.05, 3.63) is 42.2 Å². The molecule has 6 rings (SSSR count). The number of carbonyl (C=O) groups is 2. The Balaban J connectivity index is 1.01. The molecule has 6 nitrogen and oxygen atoms in total. The summed E-state index contributed by atoms with van der Waals surface area (Å²) in [4.78, 5) is 32.7. The van der Waals surface area contributed by atoms with E-state index in [1.807, 2.05) is 26.2 Å². The smallest absolute Gasteiger partial charge is 0.175 e. The molecule has 4 fully saturated rings. The zero-order valence-corrected chi connectivity index (χ0v) is 26.0. The normalized spacial score (nSPS) is 34.5. The van der Waals surface area contributed by atoms with E-state index in [-0.39, 0.29) is 17.8 Å². The molecule has 4 aliphatic carbocycles. The molecule has 226 valence electrons. The summed E-state index contributed by atoms with van der Waals surface area (Å²) in [6.07, 6.45) is 13.6. The summed E-state index contributed by atoms with van der Waals surface area (Å²) in [6, 6.07) is 6.22. The van der Waals surface area contributed by atoms with Crippen LogP contribution in [0.4, 0.5) is 5.69 Å². The van der Waals surface area contributed by atoms with Crippen LogP contribution in [-0.2, 0) is 14.4 Å². The largest absolute Gasteiger partial charge is 0.457 e. The molecule has 0 aromatic heterocycles. The monoisotopic (exact) mass is 572 g/mol. The van der Waals surface area contributed by atoms with Gasteiger partial charge in [-0.1, -0.05) is 25.6 Å². The van der Waals surface area contributed by atoms with Crippen molar-refractivity contribution in [1.82, 2.24) is 0 Å². The van der Waals surface area contributed by atoms with Crippen molar-refractivity contribution in [2.45, 2.75) is 90.9 Å². The van der Waals surface area contributed by atoms with Crippen LogP contribution in [0.5, 0.6) is 5.75 Å². The maximum absolute atomic E-state index is 12.7. The molecule has 6 atom stereocenters. The summed E-state index contributed by atoms with van der Waals surface area (Å²) in [6.45, 7) is 8.96. The van der Waals surface area contributed by atoms with E-state index in [1.165, 1.54) is 31.4 Å². The lowest BCUT2D eigenvalue weighted by Crippen LogP contribution is -2.53. The number of fused-ring (bicyclic) bond motifs is 6. The molecule has 0 amide bonds. The minimum Gasteiger partial charge on any atom is -0.457 e. The quantitative estimate of drug-likeness (QED) is 0.298. The van der Waals surface area contributed by atoms with E-state index < -0.39 is 0 Å². The van der Waals surface area contributed by atoms with E-state index in [9.17, 15) is 9.59 Å². The van der Waals surface area contributed by atoms with Crippen molar-refractivity contribution in [2.24, 2.45) is 39.7 Å². The second kappa shape index (κ2) is 11.3. The van der Waals surface area contributed by atoms with Crippen LogP contribution in [-0.4, -0.2) is 38.0 Å². The number of Topliss-reactive ketones (excluding diaryl/α,β-unsaturated/α-hetero) is 2. The Labute approximate surface area is 251 Å². The van der Waals surface area contributed by atoms with Crippen LogP contribution in [0.1, 0.15) is 96.5 Å². The zero-order chi connectivity index (χ0) is 29.6. The Hall–Kier alpha value is -2.89. The number of nitrogens with zero attached hydrogens (tertiary/aromatic N) is 2. The van der Waals surface area contributed by atoms with Crippen molar-refractivity contribution in [2.75, 3.05) is 25.6 Å². The van der Waals surface area contributed by atoms with Crippen molar-refractivity contribution in [1.29, 1.82) is 0 Å². The van der Waals surface area contributed by atoms with Crippen LogP contribution in [0.2, 0.25) is 0 Å². The van der Waals surface area contributed by atoms with Crippen LogP contribution in [0, 0.1) is 34.5 Å². The van der Waals surface area contributed by atoms with Crippen molar-refractivity contribution in [3.8, 4) is 5.75 Å². The maximum atomic E-state index is 12.7. The minimum atomic E-state index is 0.0434. The minimum absolute atomic E-state index is 0.0434. The second-order valence-corrected chi connectivity index (χ2v) is 14.4. The molecule has 4 saturated carbocycles. The van der Waals surface area contributed by atoms with Gasteiger partial charge in [-0.25, -0.2) is 0 Å². The van der Waals surface area contributed by atoms with Gasteiger partial charge in [0.05, 0.1) is 5.71 Å². The molecule has 0 spiro atoms. The van der Waals surface area contributed by atoms with Crippen LogP contribution in [0.3, 0.4) is 0 Å². The molecule has 0 radical (unpaired) electrons. The number of hydrogen-bond acceptors (Lipinski definition) is 6. The summed E-state index contributed by atoms with van der Waals surface area (Å²) in [5.74, 6) is 4.71. The second-order valence-electron chi connectivity index (χ2n) is 14.4. The third-order valence-corrected chi connectivity index (χ3v) is 11.9. The van der Waals surface area contributed by atoms with Crippen LogP contribution < -0.4 is 9.64 Å². The Bertz CT molecular complexity index is 1330. The molecule has 0 saturated heterocycles. The van der Waals surface area contributed by atoms with Gasteiger partial charge >= 0.3 is 0 Å². The standard InChI is InChI=1S/C36H48N2O4/c1-23-19-24(29-12-10-26(38(4)5)21-33(29)42-23)7-6-8-28(40)22-41-37-34-14-13-31-30-11-9-25-20-27(39)15-17-35(25,2)32(30)16-18-36(31,34)3/h10,12,19,21,25,30-32H,1,6-9,11,13-18,20,22H2,2-5H3/b37-34-/t25-,30-,31-,32-,35-,36-/m0/s1. The van der Waals surface area contributed by atoms with Gasteiger partial charge in [0.2, 0.25) is 0 Å². The van der Waals surface area contributed by atoms with Gasteiger partial charge in [0.25, 0.3) is 0 Å². The Morgan fingerprint density at radius 2 is 1.95 bits per heavy atom. The topological polar surface area (TPSA) is 68.2 Å². The maximum Gasteiger partial charge on any atom is 0.175 e. The van der Waals surface area contributed by atoms with Gasteiger partial charge < -0.3 is 14.5 Å². The first-order chi connectivity index (χ1) is 20.1. The fourth-order valence-electron chi connectivity index (χ4n) is 9.50. The molecular weight excluding hydrogens is 524 g/mol. The summed E-state index contributed by atoms with van der Waals surface area (Å²) >= 11 is 0. The highest BCUT2D eigenvalue weighted by atomic mass is 16.6. The van der Waals surface area contributed by atoms with Crippen LogP contribution >= 0.6 is 0 Å². The average molecular weight is 573 g/mol. The number of allylic oxidation sites excluding steroid dienone is 2. The fourth-order valence-corrected chi connectivity index (χ4v) is 9.50. The number of hydrogen-bond donors (Lipinski definition) is 0. The average Bonchev–Trinajstić information content (AvgIpc) is 3.29. The molecule has 1 aromatic carbocycles. The molecular formula is C36H48N2O4. The van der Waals surface area contributed by atoms with Gasteiger partial charge in [-0.15, -0.1) is 0 Å². The van der Waals surface area contributed by atoms with Gasteiger partial charge in [0.1, 0.15) is 17.3 Å². The van der Waals surface area contributed by atoms with Crippen molar-refractivity contribution >= 4 is 28.5 Å². The molecule has 0 bridgehead atoms. The van der Waals surface area contributed by atoms with E-state index in [0.29, 0.717) is 35.2 Å². The lowest BCUT2D eigenvalue weighted by atomic mass is 9.45. The number of anilines is 1. The van der Waals surface area contributed by atoms with Gasteiger partial charge in [-0.05, 0) is 111 Å². The lowest BCUT2D eigenvalue weighted by molar-refractivity contribution is -0.136. The van der Waals surface area contributed by atoms with E-state index in [0.717, 1.165) is 79.4 Å². The Morgan fingerprint density at radius 1 is 1.12 bits per heavy atom. The third kappa shape index (κ3) is 5.24. The summed E-state index contributed by atoms with van der Waals surface area (Å²) < 4.78 is 5.88. The fraction of sp³-hybridized carbons (Fsp3) is 0.639. The van der Waals surface area contributed by atoms with Gasteiger partial charge in [-0.3, -0.25) is 9.59 Å². The summed E-state index contributed by atoms with van der Waals surface area (Å²) in [5.41, 5.74) is 4.88. The predicted molar refractivity (Wildman–Crippen MR) is 167 cm³/mol. The Morgan fingerprint density at radius 3 is 2.76 bits per heavy atom. The number of ketones is 2. The first-order valence-electron chi connectivity index (χ1n) is 16.2. The van der Waals surface area contributed by atoms with E-state index in [2.05, 4.69) is 42.6 Å². The number of oxime groups is 1. The van der Waals surface area contributed by atoms with Gasteiger partial charge in [-0.2, -0.15) is 0 Å². The lowest BCUT2D eigenvalue weighted by Gasteiger charge is -2.59. The first kappa shape index (κ1) is 29.2. The van der Waals surface area contributed by atoms with Gasteiger partial charge in [0.15, 0.2) is 12.4 Å². The molecule has 0 unspecified atom stereocenters. The van der Waals surface area contributed by atoms with Crippen LogP contribution in [0.25, 0.3) is 5.57 Å². The summed E-state index contributed by atoms with van der Waals surface area (Å²) in [5, 5.41) is 4.63. The molecule has 1 heterocycles. The number of ether oxygens (including phenoxy) is 1. The summed E-state index contributed by atoms with van der Waals surface area (Å²) in [7, 11) is 4.02. The first-order valence-corrected chi connectivity index (χ1v) is 16.2. The molecule has 6 heteroatoms. The third-order valence-electron chi connectivity index (χ3n) is 11.9. The molecule has 5 aliphatic rings. The predicted octanol–water partition coefficient (Wildman–Crippen LogP) is 7.77. The highest BCUT2D eigenvalue weighted by molar-refractivity contribution is 5.92. The Kier molecular flexibility index (Phi) is 7.86. The molecule has 0 N–H and O–H groups in total. The SMILES string of the molecule is C=C1C=C(CCCC(=O)CO/N=C2/CC[C@H]3[C@@H]4CC[C@H]5CC(=O)CC[C@]5(C)[C@H]4CC[C@]23C)c2ccc(N(C)C)cc2O1. The number of carbonyl (C=O) groups excluding carboxylic acids is 2. The molecule has 1 aliphatic heterocycles. The number of rotatable bonds is 8. The van der Waals surface area contributed by atoms with E-state index >= 15 is 0 Å².